The molecule has 88 valence electrons. The van der Waals surface area contributed by atoms with Crippen LogP contribution in [0.2, 0.25) is 0 Å². The Morgan fingerprint density at radius 3 is 2.76 bits per heavy atom. The minimum atomic E-state index is -0.0391. The van der Waals surface area contributed by atoms with Crippen LogP contribution in [0.3, 0.4) is 0 Å². The van der Waals surface area contributed by atoms with Gasteiger partial charge < -0.3 is 5.32 Å². The summed E-state index contributed by atoms with van der Waals surface area (Å²) in [4.78, 5) is 12.1. The molecule has 1 saturated carbocycles. The Morgan fingerprint density at radius 2 is 2.06 bits per heavy atom. The van der Waals surface area contributed by atoms with Gasteiger partial charge in [0.15, 0.2) is 0 Å². The summed E-state index contributed by atoms with van der Waals surface area (Å²) in [6.45, 7) is 0. The van der Waals surface area contributed by atoms with Gasteiger partial charge in [0, 0.05) is 11.6 Å². The second-order valence-electron chi connectivity index (χ2n) is 4.45. The maximum atomic E-state index is 12.1. The van der Waals surface area contributed by atoms with E-state index in [1.807, 2.05) is 18.2 Å². The smallest absolute Gasteiger partial charge is 0.251 e. The number of amides is 1. The van der Waals surface area contributed by atoms with E-state index in [1.54, 1.807) is 6.07 Å². The molecule has 1 N–H and O–H groups in total. The van der Waals surface area contributed by atoms with E-state index in [-0.39, 0.29) is 12.3 Å². The lowest BCUT2D eigenvalue weighted by Gasteiger charge is -2.13. The predicted molar refractivity (Wildman–Crippen MR) is 65.5 cm³/mol. The average Bonchev–Trinajstić information content (AvgIpc) is 2.83. The fourth-order valence-electron chi connectivity index (χ4n) is 2.31. The molecule has 0 heterocycles. The Labute approximate surface area is 101 Å². The summed E-state index contributed by atoms with van der Waals surface area (Å²) in [5.74, 6) is -0.0391. The lowest BCUT2D eigenvalue weighted by Crippen LogP contribution is -2.33. The van der Waals surface area contributed by atoms with Gasteiger partial charge in [0.25, 0.3) is 5.91 Å². The zero-order valence-electron chi connectivity index (χ0n) is 9.78. The number of benzene rings is 1. The van der Waals surface area contributed by atoms with E-state index in [2.05, 4.69) is 11.4 Å². The number of nitrogens with zero attached hydrogens (tertiary/aromatic N) is 1. The highest BCUT2D eigenvalue weighted by molar-refractivity contribution is 5.96. The van der Waals surface area contributed by atoms with Crippen molar-refractivity contribution in [3.05, 3.63) is 35.4 Å². The Balaban J connectivity index is 2.10. The zero-order chi connectivity index (χ0) is 12.1. The van der Waals surface area contributed by atoms with Gasteiger partial charge in [0.1, 0.15) is 0 Å². The summed E-state index contributed by atoms with van der Waals surface area (Å²) in [6.07, 6.45) is 4.84. The molecule has 3 nitrogen and oxygen atoms in total. The Hall–Kier alpha value is -1.82. The SMILES string of the molecule is N#CCc1ccccc1C(=O)NC1CCCC1. The van der Waals surface area contributed by atoms with Crippen LogP contribution in [0, 0.1) is 11.3 Å². The topological polar surface area (TPSA) is 52.9 Å². The minimum Gasteiger partial charge on any atom is -0.349 e. The van der Waals surface area contributed by atoms with Crippen LogP contribution in [0.1, 0.15) is 41.6 Å². The molecule has 17 heavy (non-hydrogen) atoms. The molecule has 0 spiro atoms. The normalized spacial score (nSPS) is 15.5. The van der Waals surface area contributed by atoms with Crippen molar-refractivity contribution in [3.8, 4) is 6.07 Å². The summed E-state index contributed by atoms with van der Waals surface area (Å²) >= 11 is 0. The van der Waals surface area contributed by atoms with E-state index in [9.17, 15) is 4.79 Å². The number of nitriles is 1. The quantitative estimate of drug-likeness (QED) is 0.863. The Bertz CT molecular complexity index is 442. The Morgan fingerprint density at radius 1 is 1.35 bits per heavy atom. The van der Waals surface area contributed by atoms with E-state index < -0.39 is 0 Å². The largest absolute Gasteiger partial charge is 0.349 e. The van der Waals surface area contributed by atoms with Crippen LogP contribution in [0.4, 0.5) is 0 Å². The molecular formula is C14H16N2O. The fraction of sp³-hybridized carbons (Fsp3) is 0.429. The van der Waals surface area contributed by atoms with Gasteiger partial charge in [-0.25, -0.2) is 0 Å². The van der Waals surface area contributed by atoms with Crippen molar-refractivity contribution >= 4 is 5.91 Å². The summed E-state index contributed by atoms with van der Waals surface area (Å²) in [6, 6.07) is 9.74. The van der Waals surface area contributed by atoms with E-state index in [1.165, 1.54) is 12.8 Å². The molecule has 0 unspecified atom stereocenters. The predicted octanol–water partition coefficient (Wildman–Crippen LogP) is 2.43. The first-order valence-electron chi connectivity index (χ1n) is 6.07. The van der Waals surface area contributed by atoms with Crippen LogP contribution < -0.4 is 5.32 Å². The summed E-state index contributed by atoms with van der Waals surface area (Å²) in [5.41, 5.74) is 1.45. The third-order valence-corrected chi connectivity index (χ3v) is 3.22. The van der Waals surface area contributed by atoms with Crippen molar-refractivity contribution in [2.45, 2.75) is 38.1 Å². The summed E-state index contributed by atoms with van der Waals surface area (Å²) in [7, 11) is 0. The van der Waals surface area contributed by atoms with Gasteiger partial charge in [-0.3, -0.25) is 4.79 Å². The second kappa shape index (κ2) is 5.49. The highest BCUT2D eigenvalue weighted by Gasteiger charge is 2.19. The molecule has 0 radical (unpaired) electrons. The number of carbonyl (C=O) groups is 1. The summed E-state index contributed by atoms with van der Waals surface area (Å²) in [5, 5.41) is 11.8. The molecule has 1 fully saturated rings. The molecule has 3 heteroatoms. The van der Waals surface area contributed by atoms with Crippen LogP contribution in [0.5, 0.6) is 0 Å². The molecule has 0 saturated heterocycles. The van der Waals surface area contributed by atoms with Crippen molar-refractivity contribution in [2.24, 2.45) is 0 Å². The zero-order valence-corrected chi connectivity index (χ0v) is 9.78. The van der Waals surface area contributed by atoms with Crippen molar-refractivity contribution in [2.75, 3.05) is 0 Å². The van der Waals surface area contributed by atoms with Gasteiger partial charge in [-0.2, -0.15) is 5.26 Å². The average molecular weight is 228 g/mol. The first-order valence-corrected chi connectivity index (χ1v) is 6.07. The molecule has 0 atom stereocenters. The molecule has 0 aromatic heterocycles. The molecule has 1 aromatic carbocycles. The number of carbonyl (C=O) groups excluding carboxylic acids is 1. The molecule has 1 aromatic rings. The first-order chi connectivity index (χ1) is 8.31. The molecule has 0 bridgehead atoms. The van der Waals surface area contributed by atoms with Crippen LogP contribution in [-0.2, 0) is 6.42 Å². The molecule has 1 aliphatic rings. The van der Waals surface area contributed by atoms with Crippen molar-refractivity contribution in [3.63, 3.8) is 0 Å². The first kappa shape index (κ1) is 11.7. The molecule has 0 aliphatic heterocycles. The highest BCUT2D eigenvalue weighted by atomic mass is 16.1. The lowest BCUT2D eigenvalue weighted by molar-refractivity contribution is 0.0937. The van der Waals surface area contributed by atoms with Crippen LogP contribution in [0.15, 0.2) is 24.3 Å². The van der Waals surface area contributed by atoms with Crippen molar-refractivity contribution < 1.29 is 4.79 Å². The monoisotopic (exact) mass is 228 g/mol. The van der Waals surface area contributed by atoms with Gasteiger partial charge in [0.05, 0.1) is 12.5 Å². The third kappa shape index (κ3) is 2.85. The maximum Gasteiger partial charge on any atom is 0.251 e. The van der Waals surface area contributed by atoms with Gasteiger partial charge in [-0.15, -0.1) is 0 Å². The number of nitrogens with one attached hydrogen (secondary N) is 1. The van der Waals surface area contributed by atoms with Crippen LogP contribution >= 0.6 is 0 Å². The fourth-order valence-corrected chi connectivity index (χ4v) is 2.31. The number of hydrogen-bond donors (Lipinski definition) is 1. The van der Waals surface area contributed by atoms with E-state index in [0.717, 1.165) is 18.4 Å². The van der Waals surface area contributed by atoms with Crippen molar-refractivity contribution in [1.82, 2.24) is 5.32 Å². The number of hydrogen-bond acceptors (Lipinski definition) is 2. The van der Waals surface area contributed by atoms with Crippen LogP contribution in [0.25, 0.3) is 0 Å². The van der Waals surface area contributed by atoms with E-state index in [4.69, 9.17) is 5.26 Å². The molecular weight excluding hydrogens is 212 g/mol. The molecule has 1 amide bonds. The maximum absolute atomic E-state index is 12.1. The van der Waals surface area contributed by atoms with E-state index >= 15 is 0 Å². The lowest BCUT2D eigenvalue weighted by atomic mass is 10.0. The molecule has 1 aliphatic carbocycles. The van der Waals surface area contributed by atoms with Gasteiger partial charge in [-0.05, 0) is 24.5 Å². The summed E-state index contributed by atoms with van der Waals surface area (Å²) < 4.78 is 0. The van der Waals surface area contributed by atoms with Gasteiger partial charge >= 0.3 is 0 Å². The third-order valence-electron chi connectivity index (χ3n) is 3.22. The van der Waals surface area contributed by atoms with E-state index in [0.29, 0.717) is 11.6 Å². The van der Waals surface area contributed by atoms with Gasteiger partial charge in [0.2, 0.25) is 0 Å². The number of rotatable bonds is 3. The molecule has 2 rings (SSSR count). The van der Waals surface area contributed by atoms with Gasteiger partial charge in [-0.1, -0.05) is 31.0 Å². The van der Waals surface area contributed by atoms with Crippen LogP contribution in [-0.4, -0.2) is 11.9 Å². The second-order valence-corrected chi connectivity index (χ2v) is 4.45. The highest BCUT2D eigenvalue weighted by Crippen LogP contribution is 2.18. The Kier molecular flexibility index (Phi) is 3.77. The standard InChI is InChI=1S/C14H16N2O/c15-10-9-11-5-1-4-8-13(11)14(17)16-12-6-2-3-7-12/h1,4-5,8,12H,2-3,6-7,9H2,(H,16,17). The minimum absolute atomic E-state index is 0.0391. The van der Waals surface area contributed by atoms with Crippen molar-refractivity contribution in [1.29, 1.82) is 5.26 Å².